The number of aromatic nitrogens is 2. The number of fused-ring (bicyclic) bond motifs is 2. The third-order valence-electron chi connectivity index (χ3n) is 4.77. The lowest BCUT2D eigenvalue weighted by atomic mass is 10.1. The maximum atomic E-state index is 13.2. The van der Waals surface area contributed by atoms with Gasteiger partial charge in [-0.05, 0) is 25.1 Å². The average Bonchev–Trinajstić information content (AvgIpc) is 3.35. The van der Waals surface area contributed by atoms with Crippen LogP contribution in [0.25, 0.3) is 33.5 Å². The SMILES string of the molecule is CCn1c(-c2ccc3c(c2)OCO3)cc2onc(-c3ccccc3)c2c1=O. The van der Waals surface area contributed by atoms with Gasteiger partial charge in [-0.15, -0.1) is 0 Å². The van der Waals surface area contributed by atoms with E-state index in [1.165, 1.54) is 0 Å². The van der Waals surface area contributed by atoms with Gasteiger partial charge in [0.2, 0.25) is 6.79 Å². The quantitative estimate of drug-likeness (QED) is 0.551. The minimum Gasteiger partial charge on any atom is -0.454 e. The molecule has 0 bridgehead atoms. The van der Waals surface area contributed by atoms with Crippen molar-refractivity contribution in [2.75, 3.05) is 6.79 Å². The maximum Gasteiger partial charge on any atom is 0.264 e. The van der Waals surface area contributed by atoms with Crippen molar-refractivity contribution in [1.29, 1.82) is 0 Å². The van der Waals surface area contributed by atoms with Crippen molar-refractivity contribution in [2.24, 2.45) is 0 Å². The van der Waals surface area contributed by atoms with E-state index < -0.39 is 0 Å². The highest BCUT2D eigenvalue weighted by Crippen LogP contribution is 2.36. The smallest absolute Gasteiger partial charge is 0.264 e. The highest BCUT2D eigenvalue weighted by atomic mass is 16.7. The molecule has 1 aliphatic heterocycles. The molecule has 0 saturated heterocycles. The molecule has 0 saturated carbocycles. The Labute approximate surface area is 154 Å². The molecule has 0 amide bonds. The van der Waals surface area contributed by atoms with Crippen LogP contribution in [0, 0.1) is 0 Å². The third-order valence-corrected chi connectivity index (χ3v) is 4.77. The van der Waals surface area contributed by atoms with Gasteiger partial charge in [0.25, 0.3) is 5.56 Å². The molecule has 0 unspecified atom stereocenters. The summed E-state index contributed by atoms with van der Waals surface area (Å²) in [6, 6.07) is 17.1. The van der Waals surface area contributed by atoms with Crippen molar-refractivity contribution in [3.8, 4) is 34.0 Å². The van der Waals surface area contributed by atoms with Crippen LogP contribution in [0.2, 0.25) is 0 Å². The molecule has 134 valence electrons. The molecule has 0 aliphatic carbocycles. The fourth-order valence-electron chi connectivity index (χ4n) is 3.46. The average molecular weight is 360 g/mol. The number of ether oxygens (including phenoxy) is 2. The van der Waals surface area contributed by atoms with Gasteiger partial charge in [0, 0.05) is 23.7 Å². The van der Waals surface area contributed by atoms with Gasteiger partial charge < -0.3 is 18.6 Å². The highest BCUT2D eigenvalue weighted by Gasteiger charge is 2.20. The van der Waals surface area contributed by atoms with Gasteiger partial charge in [0.1, 0.15) is 11.1 Å². The molecule has 27 heavy (non-hydrogen) atoms. The standard InChI is InChI=1S/C21H16N2O4/c1-2-23-15(14-8-9-16-17(10-14)26-12-25-16)11-18-19(21(23)24)20(22-27-18)13-6-4-3-5-7-13/h3-11H,2,12H2,1H3. The minimum absolute atomic E-state index is 0.122. The normalized spacial score (nSPS) is 12.6. The lowest BCUT2D eigenvalue weighted by Gasteiger charge is -2.12. The van der Waals surface area contributed by atoms with Crippen LogP contribution in [0.3, 0.4) is 0 Å². The molecular formula is C21H16N2O4. The molecule has 5 rings (SSSR count). The van der Waals surface area contributed by atoms with Crippen molar-refractivity contribution in [2.45, 2.75) is 13.5 Å². The predicted molar refractivity (Wildman–Crippen MR) is 101 cm³/mol. The lowest BCUT2D eigenvalue weighted by Crippen LogP contribution is -2.21. The van der Waals surface area contributed by atoms with Gasteiger partial charge >= 0.3 is 0 Å². The molecule has 1 aliphatic rings. The molecule has 6 heteroatoms. The van der Waals surface area contributed by atoms with E-state index in [9.17, 15) is 4.79 Å². The summed E-state index contributed by atoms with van der Waals surface area (Å²) in [5.41, 5.74) is 3.38. The summed E-state index contributed by atoms with van der Waals surface area (Å²) in [6.45, 7) is 2.68. The van der Waals surface area contributed by atoms with Crippen molar-refractivity contribution >= 4 is 11.0 Å². The Balaban J connectivity index is 1.75. The van der Waals surface area contributed by atoms with Crippen LogP contribution >= 0.6 is 0 Å². The lowest BCUT2D eigenvalue weighted by molar-refractivity contribution is 0.174. The zero-order valence-corrected chi connectivity index (χ0v) is 14.6. The van der Waals surface area contributed by atoms with E-state index >= 15 is 0 Å². The van der Waals surface area contributed by atoms with E-state index in [1.807, 2.05) is 61.5 Å². The van der Waals surface area contributed by atoms with E-state index in [0.717, 1.165) is 16.8 Å². The van der Waals surface area contributed by atoms with Gasteiger partial charge in [-0.2, -0.15) is 0 Å². The number of rotatable bonds is 3. The van der Waals surface area contributed by atoms with Gasteiger partial charge in [-0.3, -0.25) is 4.79 Å². The summed E-state index contributed by atoms with van der Waals surface area (Å²) in [4.78, 5) is 13.2. The monoisotopic (exact) mass is 360 g/mol. The first-order valence-corrected chi connectivity index (χ1v) is 8.75. The molecule has 0 N–H and O–H groups in total. The second-order valence-electron chi connectivity index (χ2n) is 6.28. The zero-order chi connectivity index (χ0) is 18.4. The van der Waals surface area contributed by atoms with Crippen molar-refractivity contribution in [3.63, 3.8) is 0 Å². The molecule has 0 fully saturated rings. The summed E-state index contributed by atoms with van der Waals surface area (Å²) in [7, 11) is 0. The van der Waals surface area contributed by atoms with Gasteiger partial charge in [0.05, 0.1) is 5.69 Å². The van der Waals surface area contributed by atoms with Gasteiger partial charge in [-0.1, -0.05) is 35.5 Å². The maximum absolute atomic E-state index is 13.2. The van der Waals surface area contributed by atoms with Crippen molar-refractivity contribution in [1.82, 2.24) is 9.72 Å². The number of hydrogen-bond donors (Lipinski definition) is 0. The third kappa shape index (κ3) is 2.41. The Bertz CT molecular complexity index is 1210. The predicted octanol–water partition coefficient (Wildman–Crippen LogP) is 4.07. The first-order valence-electron chi connectivity index (χ1n) is 8.75. The van der Waals surface area contributed by atoms with E-state index in [1.54, 1.807) is 4.57 Å². The van der Waals surface area contributed by atoms with E-state index in [4.69, 9.17) is 14.0 Å². The number of hydrogen-bond acceptors (Lipinski definition) is 5. The molecule has 0 atom stereocenters. The first kappa shape index (κ1) is 15.7. The minimum atomic E-state index is -0.122. The Morgan fingerprint density at radius 3 is 2.63 bits per heavy atom. The summed E-state index contributed by atoms with van der Waals surface area (Å²) >= 11 is 0. The van der Waals surface area contributed by atoms with Gasteiger partial charge in [0.15, 0.2) is 17.1 Å². The Kier molecular flexibility index (Phi) is 3.50. The van der Waals surface area contributed by atoms with Crippen LogP contribution < -0.4 is 15.0 Å². The first-order chi connectivity index (χ1) is 13.3. The van der Waals surface area contributed by atoms with Crippen LogP contribution in [0.4, 0.5) is 0 Å². The topological polar surface area (TPSA) is 66.5 Å². The van der Waals surface area contributed by atoms with Crippen LogP contribution in [-0.4, -0.2) is 16.5 Å². The number of pyridine rings is 1. The molecule has 3 heterocycles. The Morgan fingerprint density at radius 1 is 1.00 bits per heavy atom. The largest absolute Gasteiger partial charge is 0.454 e. The summed E-state index contributed by atoms with van der Waals surface area (Å²) in [5, 5.41) is 4.65. The van der Waals surface area contributed by atoms with E-state index in [-0.39, 0.29) is 12.4 Å². The molecule has 2 aromatic carbocycles. The van der Waals surface area contributed by atoms with E-state index in [2.05, 4.69) is 5.16 Å². The summed E-state index contributed by atoms with van der Waals surface area (Å²) < 4.78 is 18.1. The molecule has 6 nitrogen and oxygen atoms in total. The Morgan fingerprint density at radius 2 is 1.81 bits per heavy atom. The zero-order valence-electron chi connectivity index (χ0n) is 14.6. The van der Waals surface area contributed by atoms with E-state index in [0.29, 0.717) is 34.7 Å². The molecule has 0 radical (unpaired) electrons. The van der Waals surface area contributed by atoms with Crippen LogP contribution in [-0.2, 0) is 6.54 Å². The number of nitrogens with zero attached hydrogens (tertiary/aromatic N) is 2. The molecular weight excluding hydrogens is 344 g/mol. The van der Waals surface area contributed by atoms with Gasteiger partial charge in [-0.25, -0.2) is 0 Å². The summed E-state index contributed by atoms with van der Waals surface area (Å²) in [6.07, 6.45) is 0. The highest BCUT2D eigenvalue weighted by molar-refractivity contribution is 5.92. The summed E-state index contributed by atoms with van der Waals surface area (Å²) in [5.74, 6) is 1.38. The van der Waals surface area contributed by atoms with Crippen molar-refractivity contribution < 1.29 is 14.0 Å². The van der Waals surface area contributed by atoms with Crippen LogP contribution in [0.1, 0.15) is 6.92 Å². The Hall–Kier alpha value is -3.54. The molecule has 4 aromatic rings. The number of benzene rings is 2. The van der Waals surface area contributed by atoms with Crippen LogP contribution in [0.15, 0.2) is 63.9 Å². The second kappa shape index (κ2) is 6.02. The van der Waals surface area contributed by atoms with Crippen LogP contribution in [0.5, 0.6) is 11.5 Å². The molecule has 2 aromatic heterocycles. The molecule has 0 spiro atoms. The fourth-order valence-corrected chi connectivity index (χ4v) is 3.46. The second-order valence-corrected chi connectivity index (χ2v) is 6.28. The van der Waals surface area contributed by atoms with Crippen molar-refractivity contribution in [3.05, 3.63) is 65.0 Å². The fraction of sp³-hybridized carbons (Fsp3) is 0.143.